The molecular formula is C25H33F3N2O3. The van der Waals surface area contributed by atoms with Crippen molar-refractivity contribution < 1.29 is 27.8 Å². The van der Waals surface area contributed by atoms with Gasteiger partial charge in [-0.05, 0) is 80.5 Å². The first-order valence-corrected chi connectivity index (χ1v) is 12.3. The second kappa shape index (κ2) is 8.86. The topological polar surface area (TPSA) is 61.8 Å². The van der Waals surface area contributed by atoms with Crippen LogP contribution in [0.2, 0.25) is 0 Å². The lowest BCUT2D eigenvalue weighted by atomic mass is 9.76. The minimum Gasteiger partial charge on any atom is -0.392 e. The van der Waals surface area contributed by atoms with E-state index >= 15 is 0 Å². The van der Waals surface area contributed by atoms with Crippen LogP contribution < -0.4 is 5.32 Å². The molecule has 1 aromatic carbocycles. The molecule has 8 heteroatoms. The molecule has 2 aliphatic heterocycles. The van der Waals surface area contributed by atoms with Crippen LogP contribution in [0.15, 0.2) is 18.2 Å². The van der Waals surface area contributed by atoms with Crippen molar-refractivity contribution in [3.05, 3.63) is 34.9 Å². The Labute approximate surface area is 192 Å². The summed E-state index contributed by atoms with van der Waals surface area (Å²) in [5, 5.41) is 15.0. The highest BCUT2D eigenvalue weighted by Gasteiger charge is 2.56. The number of hydrogen-bond acceptors (Lipinski definition) is 4. The number of ether oxygens (including phenoxy) is 1. The van der Waals surface area contributed by atoms with Crippen LogP contribution in [-0.4, -0.2) is 53.9 Å². The van der Waals surface area contributed by atoms with Crippen molar-refractivity contribution in [3.63, 3.8) is 0 Å². The molecule has 5 rings (SSSR count). The molecule has 4 aliphatic rings. The van der Waals surface area contributed by atoms with E-state index in [1.165, 1.54) is 12.1 Å². The number of aliphatic hydroxyl groups is 1. The van der Waals surface area contributed by atoms with Gasteiger partial charge >= 0.3 is 6.18 Å². The van der Waals surface area contributed by atoms with Crippen molar-refractivity contribution in [2.45, 2.75) is 82.3 Å². The lowest BCUT2D eigenvalue weighted by molar-refractivity contribution is -0.151. The Balaban J connectivity index is 1.34. The average molecular weight is 467 g/mol. The van der Waals surface area contributed by atoms with Gasteiger partial charge < -0.3 is 20.1 Å². The first-order valence-electron chi connectivity index (χ1n) is 12.3. The first kappa shape index (κ1) is 23.1. The zero-order chi connectivity index (χ0) is 23.2. The van der Waals surface area contributed by atoms with E-state index in [1.54, 1.807) is 4.90 Å². The van der Waals surface area contributed by atoms with Crippen LogP contribution >= 0.6 is 0 Å². The molecule has 2 saturated carbocycles. The zero-order valence-corrected chi connectivity index (χ0v) is 18.9. The third kappa shape index (κ3) is 4.66. The largest absolute Gasteiger partial charge is 0.416 e. The number of hydrogen-bond donors (Lipinski definition) is 2. The fourth-order valence-electron chi connectivity index (χ4n) is 6.09. The highest BCUT2D eigenvalue weighted by atomic mass is 19.4. The van der Waals surface area contributed by atoms with E-state index in [0.29, 0.717) is 37.4 Å². The van der Waals surface area contributed by atoms with Gasteiger partial charge in [0.1, 0.15) is 0 Å². The molecule has 2 N–H and O–H groups in total. The third-order valence-electron chi connectivity index (χ3n) is 8.14. The highest BCUT2D eigenvalue weighted by Crippen LogP contribution is 2.51. The standard InChI is InChI=1S/C25H33F3N2O3/c26-25(27,28)19-4-3-16-6-10-30(15-18(16)13-19)23(32)24(22(31)17-1-2-17)9-5-21(14-24)29-20-7-11-33-12-8-20/h3-4,13,17,20-22,29,31H,1-2,5-12,14-15H2/t21-,22?,24?/m1/s1. The van der Waals surface area contributed by atoms with E-state index in [2.05, 4.69) is 5.32 Å². The number of carbonyl (C=O) groups excluding carboxylic acids is 1. The maximum absolute atomic E-state index is 13.9. The third-order valence-corrected chi connectivity index (χ3v) is 8.14. The Hall–Kier alpha value is -1.64. The quantitative estimate of drug-likeness (QED) is 0.695. The van der Waals surface area contributed by atoms with E-state index in [4.69, 9.17) is 4.74 Å². The van der Waals surface area contributed by atoms with Gasteiger partial charge in [-0.15, -0.1) is 0 Å². The summed E-state index contributed by atoms with van der Waals surface area (Å²) in [6.07, 6.45) is 1.27. The van der Waals surface area contributed by atoms with Gasteiger partial charge in [-0.25, -0.2) is 0 Å². The fraction of sp³-hybridized carbons (Fsp3) is 0.720. The minimum absolute atomic E-state index is 0.0822. The minimum atomic E-state index is -4.40. The lowest BCUT2D eigenvalue weighted by Crippen LogP contribution is -2.52. The molecule has 5 nitrogen and oxygen atoms in total. The molecule has 33 heavy (non-hydrogen) atoms. The molecular weight excluding hydrogens is 433 g/mol. The van der Waals surface area contributed by atoms with Gasteiger partial charge in [-0.1, -0.05) is 6.07 Å². The van der Waals surface area contributed by atoms with Gasteiger partial charge in [0.05, 0.1) is 17.1 Å². The Morgan fingerprint density at radius 2 is 1.88 bits per heavy atom. The first-order chi connectivity index (χ1) is 15.8. The SMILES string of the molecule is O=C(N1CCc2ccc(C(F)(F)F)cc2C1)C1(C(O)C2CC2)CC[C@@H](NC2CCOCC2)C1. The summed E-state index contributed by atoms with van der Waals surface area (Å²) in [6, 6.07) is 4.38. The molecule has 1 saturated heterocycles. The van der Waals surface area contributed by atoms with Gasteiger partial charge in [-0.2, -0.15) is 13.2 Å². The Morgan fingerprint density at radius 1 is 1.12 bits per heavy atom. The molecule has 3 fully saturated rings. The summed E-state index contributed by atoms with van der Waals surface area (Å²) in [6.45, 7) is 2.14. The van der Waals surface area contributed by atoms with Crippen LogP contribution in [0.4, 0.5) is 13.2 Å². The number of carbonyl (C=O) groups is 1. The summed E-state index contributed by atoms with van der Waals surface area (Å²) in [4.78, 5) is 15.6. The molecule has 182 valence electrons. The zero-order valence-electron chi connectivity index (χ0n) is 18.9. The van der Waals surface area contributed by atoms with E-state index < -0.39 is 23.3 Å². The Morgan fingerprint density at radius 3 is 2.58 bits per heavy atom. The van der Waals surface area contributed by atoms with Crippen LogP contribution in [0.25, 0.3) is 0 Å². The van der Waals surface area contributed by atoms with Crippen molar-refractivity contribution in [1.82, 2.24) is 10.2 Å². The molecule has 0 aromatic heterocycles. The number of benzene rings is 1. The predicted molar refractivity (Wildman–Crippen MR) is 116 cm³/mol. The molecule has 2 unspecified atom stereocenters. The smallest absolute Gasteiger partial charge is 0.392 e. The molecule has 0 bridgehead atoms. The van der Waals surface area contributed by atoms with Crippen LogP contribution in [0, 0.1) is 11.3 Å². The second-order valence-corrected chi connectivity index (χ2v) is 10.4. The molecule has 1 aromatic rings. The number of aliphatic hydroxyl groups excluding tert-OH is 1. The average Bonchev–Trinajstić information content (AvgIpc) is 3.57. The Bertz CT molecular complexity index is 882. The number of fused-ring (bicyclic) bond motifs is 1. The number of nitrogens with one attached hydrogen (secondary N) is 1. The van der Waals surface area contributed by atoms with Crippen molar-refractivity contribution in [1.29, 1.82) is 0 Å². The summed E-state index contributed by atoms with van der Waals surface area (Å²) in [5.74, 6) is 0.0749. The summed E-state index contributed by atoms with van der Waals surface area (Å²) >= 11 is 0. The van der Waals surface area contributed by atoms with E-state index in [9.17, 15) is 23.1 Å². The van der Waals surface area contributed by atoms with Crippen molar-refractivity contribution in [2.75, 3.05) is 19.8 Å². The summed E-state index contributed by atoms with van der Waals surface area (Å²) in [7, 11) is 0. The van der Waals surface area contributed by atoms with Crippen LogP contribution in [0.3, 0.4) is 0 Å². The molecule has 2 heterocycles. The molecule has 3 atom stereocenters. The normalized spacial score (nSPS) is 29.7. The molecule has 1 amide bonds. The van der Waals surface area contributed by atoms with Gasteiger partial charge in [0.25, 0.3) is 0 Å². The van der Waals surface area contributed by atoms with E-state index in [0.717, 1.165) is 56.9 Å². The van der Waals surface area contributed by atoms with Crippen molar-refractivity contribution >= 4 is 5.91 Å². The summed E-state index contributed by atoms with van der Waals surface area (Å²) < 4.78 is 45.1. The monoisotopic (exact) mass is 466 g/mol. The number of nitrogens with zero attached hydrogens (tertiary/aromatic N) is 1. The molecule has 2 aliphatic carbocycles. The van der Waals surface area contributed by atoms with E-state index in [-0.39, 0.29) is 24.4 Å². The van der Waals surface area contributed by atoms with Gasteiger partial charge in [0, 0.05) is 38.4 Å². The van der Waals surface area contributed by atoms with Crippen LogP contribution in [0.5, 0.6) is 0 Å². The summed E-state index contributed by atoms with van der Waals surface area (Å²) in [5.41, 5.74) is -0.0853. The van der Waals surface area contributed by atoms with Gasteiger partial charge in [0.2, 0.25) is 5.91 Å². The van der Waals surface area contributed by atoms with Gasteiger partial charge in [-0.3, -0.25) is 4.79 Å². The number of rotatable bonds is 5. The van der Waals surface area contributed by atoms with Crippen molar-refractivity contribution in [3.8, 4) is 0 Å². The van der Waals surface area contributed by atoms with E-state index in [1.807, 2.05) is 0 Å². The van der Waals surface area contributed by atoms with Gasteiger partial charge in [0.15, 0.2) is 0 Å². The van der Waals surface area contributed by atoms with Crippen LogP contribution in [0.1, 0.15) is 61.6 Å². The van der Waals surface area contributed by atoms with Crippen LogP contribution in [-0.2, 0) is 28.7 Å². The fourth-order valence-corrected chi connectivity index (χ4v) is 6.09. The molecule has 0 spiro atoms. The maximum Gasteiger partial charge on any atom is 0.416 e. The number of alkyl halides is 3. The second-order valence-electron chi connectivity index (χ2n) is 10.4. The highest BCUT2D eigenvalue weighted by molar-refractivity contribution is 5.84. The number of halogens is 3. The maximum atomic E-state index is 13.9. The predicted octanol–water partition coefficient (Wildman–Crippen LogP) is 3.67. The Kier molecular flexibility index (Phi) is 6.20. The molecule has 0 radical (unpaired) electrons. The van der Waals surface area contributed by atoms with Crippen molar-refractivity contribution in [2.24, 2.45) is 11.3 Å². The number of amides is 1. The lowest BCUT2D eigenvalue weighted by Gasteiger charge is -2.40.